The van der Waals surface area contributed by atoms with E-state index >= 15 is 4.79 Å². The summed E-state index contributed by atoms with van der Waals surface area (Å²) in [6.45, 7) is 7.23. The Bertz CT molecular complexity index is 3230. The molecule has 0 saturated carbocycles. The average molecular weight is 1290 g/mol. The minimum atomic E-state index is -1.98. The van der Waals surface area contributed by atoms with Gasteiger partial charge in [0.2, 0.25) is 59.1 Å². The Morgan fingerprint density at radius 2 is 0.935 bits per heavy atom. The first-order valence-electron chi connectivity index (χ1n) is 30.7. The van der Waals surface area contributed by atoms with Gasteiger partial charge in [0, 0.05) is 32.2 Å². The molecule has 4 aromatic carbocycles. The number of carbonyl (C=O) groups excluding carboxylic acids is 10. The summed E-state index contributed by atoms with van der Waals surface area (Å²) < 4.78 is 0. The second-order valence-electron chi connectivity index (χ2n) is 23.4. The third-order valence-corrected chi connectivity index (χ3v) is 15.8. The van der Waals surface area contributed by atoms with Gasteiger partial charge in [-0.15, -0.1) is 0 Å². The van der Waals surface area contributed by atoms with E-state index in [1.165, 1.54) is 41.3 Å². The van der Waals surface area contributed by atoms with Crippen LogP contribution in [-0.2, 0) is 83.2 Å². The largest absolute Gasteiger partial charge is 0.508 e. The smallest absolute Gasteiger partial charge is 0.326 e. The van der Waals surface area contributed by atoms with Crippen LogP contribution < -0.4 is 59.7 Å². The van der Waals surface area contributed by atoms with E-state index in [0.717, 1.165) is 0 Å². The molecule has 0 aromatic heterocycles. The fraction of sp³-hybridized carbons (Fsp3) is 0.446. The number of phenolic OH excluding ortho intramolecular Hbond substituents is 2. The SMILES string of the molecule is CC[C@H](C)[C@@H](NC(=O)[C@H](CCCN)NC(=O)[C@@H](N)C(C)C)C(=O)N[C@@H](Cc1ccc(O)cc1)C(=O)N1CCC[C@H]1C(=O)N[C@@H](Cc1ccccc1)C(=O)N[C@@H](Cc1ccccc1)C(=O)N[C@@H](CC(N)=O)C(=O)N[C@@H](CC(=O)O)C(=O)N[C@@H](Cc1ccc(O)cc1)C(=O)O. The number of hydrogen-bond acceptors (Lipinski definition) is 16. The fourth-order valence-corrected chi connectivity index (χ4v) is 10.3. The molecule has 93 heavy (non-hydrogen) atoms. The molecule has 1 fully saturated rings. The highest BCUT2D eigenvalue weighted by atomic mass is 16.4. The predicted molar refractivity (Wildman–Crippen MR) is 338 cm³/mol. The Morgan fingerprint density at radius 3 is 1.41 bits per heavy atom. The topological polar surface area (TPSA) is 463 Å². The van der Waals surface area contributed by atoms with E-state index < -0.39 is 150 Å². The highest BCUT2D eigenvalue weighted by Crippen LogP contribution is 2.23. The van der Waals surface area contributed by atoms with Crippen molar-refractivity contribution in [2.45, 2.75) is 159 Å². The zero-order chi connectivity index (χ0) is 68.5. The van der Waals surface area contributed by atoms with Crippen molar-refractivity contribution in [2.75, 3.05) is 13.1 Å². The van der Waals surface area contributed by atoms with Gasteiger partial charge in [-0.3, -0.25) is 52.7 Å². The van der Waals surface area contributed by atoms with Crippen molar-refractivity contribution in [1.82, 2.24) is 47.4 Å². The summed E-state index contributed by atoms with van der Waals surface area (Å²) in [6, 6.07) is 13.3. The first-order chi connectivity index (χ1) is 44.2. The molecule has 1 aliphatic rings. The first kappa shape index (κ1) is 73.8. The number of primary amides is 1. The van der Waals surface area contributed by atoms with Crippen LogP contribution in [0.15, 0.2) is 109 Å². The molecule has 18 N–H and O–H groups in total. The van der Waals surface area contributed by atoms with Gasteiger partial charge in [0.15, 0.2) is 0 Å². The van der Waals surface area contributed by atoms with Crippen molar-refractivity contribution in [1.29, 1.82) is 0 Å². The van der Waals surface area contributed by atoms with Crippen molar-refractivity contribution in [3.8, 4) is 11.5 Å². The summed E-state index contributed by atoms with van der Waals surface area (Å²) in [7, 11) is 0. The van der Waals surface area contributed by atoms with E-state index in [4.69, 9.17) is 17.2 Å². The number of nitrogens with zero attached hydrogens (tertiary/aromatic N) is 1. The van der Waals surface area contributed by atoms with Crippen LogP contribution in [0, 0.1) is 11.8 Å². The number of carbonyl (C=O) groups is 12. The molecule has 11 atom stereocenters. The van der Waals surface area contributed by atoms with Crippen LogP contribution in [0.2, 0.25) is 0 Å². The number of aliphatic carboxylic acids is 2. The number of phenols is 2. The first-order valence-corrected chi connectivity index (χ1v) is 30.7. The lowest BCUT2D eigenvalue weighted by Gasteiger charge is -2.32. The number of rotatable bonds is 36. The molecule has 10 amide bonds. The summed E-state index contributed by atoms with van der Waals surface area (Å²) in [5.74, 6) is -13.4. The minimum absolute atomic E-state index is 0.0198. The predicted octanol–water partition coefficient (Wildman–Crippen LogP) is -0.559. The molecule has 0 spiro atoms. The lowest BCUT2D eigenvalue weighted by atomic mass is 9.96. The van der Waals surface area contributed by atoms with Gasteiger partial charge >= 0.3 is 11.9 Å². The molecule has 0 radical (unpaired) electrons. The summed E-state index contributed by atoms with van der Waals surface area (Å²) in [6.07, 6.45) is -1.71. The fourth-order valence-electron chi connectivity index (χ4n) is 10.3. The molecule has 28 heteroatoms. The van der Waals surface area contributed by atoms with E-state index in [1.807, 2.05) is 0 Å². The van der Waals surface area contributed by atoms with Crippen LogP contribution in [0.4, 0.5) is 0 Å². The molecule has 28 nitrogen and oxygen atoms in total. The lowest BCUT2D eigenvalue weighted by molar-refractivity contribution is -0.144. The lowest BCUT2D eigenvalue weighted by Crippen LogP contribution is -2.61. The number of hydrogen-bond donors (Lipinski definition) is 15. The van der Waals surface area contributed by atoms with Gasteiger partial charge in [-0.05, 0) is 90.6 Å². The van der Waals surface area contributed by atoms with E-state index in [1.54, 1.807) is 100 Å². The Hall–Kier alpha value is -9.96. The van der Waals surface area contributed by atoms with Crippen LogP contribution in [0.1, 0.15) is 94.9 Å². The summed E-state index contributed by atoms with van der Waals surface area (Å²) in [5.41, 5.74) is 19.3. The van der Waals surface area contributed by atoms with Crippen molar-refractivity contribution >= 4 is 71.0 Å². The van der Waals surface area contributed by atoms with E-state index in [9.17, 15) is 73.2 Å². The highest BCUT2D eigenvalue weighted by molar-refractivity contribution is 6.00. The molecule has 0 aliphatic carbocycles. The second-order valence-corrected chi connectivity index (χ2v) is 23.4. The van der Waals surface area contributed by atoms with Gasteiger partial charge in [-0.1, -0.05) is 119 Å². The maximum absolute atomic E-state index is 15.1. The highest BCUT2D eigenvalue weighted by Gasteiger charge is 2.42. The number of benzene rings is 4. The molecule has 0 unspecified atom stereocenters. The van der Waals surface area contributed by atoms with Crippen molar-refractivity contribution in [2.24, 2.45) is 29.0 Å². The summed E-state index contributed by atoms with van der Waals surface area (Å²) in [4.78, 5) is 167. The zero-order valence-corrected chi connectivity index (χ0v) is 52.4. The Labute approximate surface area is 538 Å². The Morgan fingerprint density at radius 1 is 0.516 bits per heavy atom. The number of nitrogens with two attached hydrogens (primary N) is 3. The van der Waals surface area contributed by atoms with E-state index in [2.05, 4.69) is 42.5 Å². The third-order valence-electron chi connectivity index (χ3n) is 15.8. The van der Waals surface area contributed by atoms with Crippen LogP contribution >= 0.6 is 0 Å². The van der Waals surface area contributed by atoms with Gasteiger partial charge in [0.1, 0.15) is 65.9 Å². The van der Waals surface area contributed by atoms with Crippen LogP contribution in [0.3, 0.4) is 0 Å². The van der Waals surface area contributed by atoms with Crippen molar-refractivity contribution < 1.29 is 78.0 Å². The third kappa shape index (κ3) is 23.3. The van der Waals surface area contributed by atoms with E-state index in [-0.39, 0.29) is 69.0 Å². The van der Waals surface area contributed by atoms with Crippen molar-refractivity contribution in [3.05, 3.63) is 131 Å². The van der Waals surface area contributed by atoms with Crippen LogP contribution in [-0.4, -0.2) is 170 Å². The normalized spacial score (nSPS) is 16.0. The van der Waals surface area contributed by atoms with Crippen molar-refractivity contribution in [3.63, 3.8) is 0 Å². The van der Waals surface area contributed by atoms with Gasteiger partial charge in [-0.25, -0.2) is 4.79 Å². The molecular formula is C65H86N12O16. The number of carboxylic acids is 2. The summed E-state index contributed by atoms with van der Waals surface area (Å²) >= 11 is 0. The van der Waals surface area contributed by atoms with Gasteiger partial charge in [0.25, 0.3) is 0 Å². The standard InChI is InChI=1S/C65H86N12O16/c1-5-37(4)55(76-56(83)44(18-12-28-66)69-62(89)54(68)36(2)3)63(90)74-49(32-40-20-24-42(78)25-21-40)64(91)77-29-13-19-51(77)61(88)73-46(31-39-16-10-7-11-17-39)58(85)70-45(30-38-14-8-6-9-15-38)57(84)71-47(34-52(67)80)59(86)72-48(35-53(81)82)60(87)75-50(65(92)93)33-41-22-26-43(79)27-23-41/h6-11,14-17,20-27,36-37,44-51,54-55,78-79H,5,12-13,18-19,28-35,66,68H2,1-4H3,(H2,67,80)(H,69,89)(H,70,85)(H,71,84)(H,72,86)(H,73,88)(H,74,90)(H,75,87)(H,76,83)(H,81,82)(H,92,93)/t37-,44-,45-,46-,47-,48-,49-,50-,51-,54-,55+/m0/s1. The van der Waals surface area contributed by atoms with Crippen LogP contribution in [0.25, 0.3) is 0 Å². The molecule has 1 heterocycles. The number of amides is 10. The van der Waals surface area contributed by atoms with Gasteiger partial charge in [-0.2, -0.15) is 0 Å². The Kier molecular flexibility index (Phi) is 28.7. The maximum atomic E-state index is 15.1. The molecule has 4 aromatic rings. The quantitative estimate of drug-likeness (QED) is 0.0271. The van der Waals surface area contributed by atoms with Crippen LogP contribution in [0.5, 0.6) is 11.5 Å². The Balaban J connectivity index is 1.42. The van der Waals surface area contributed by atoms with Gasteiger partial charge < -0.3 is 85.1 Å². The second kappa shape index (κ2) is 36.2. The molecular weight excluding hydrogens is 1200 g/mol. The molecule has 0 bridgehead atoms. The maximum Gasteiger partial charge on any atom is 0.326 e. The molecule has 1 saturated heterocycles. The zero-order valence-electron chi connectivity index (χ0n) is 52.4. The summed E-state index contributed by atoms with van der Waals surface area (Å²) in [5, 5.41) is 60.0. The number of nitrogens with one attached hydrogen (secondary N) is 8. The number of carboxylic acid groups (broad SMARTS) is 2. The molecule has 5 rings (SSSR count). The minimum Gasteiger partial charge on any atom is -0.508 e. The molecule has 1 aliphatic heterocycles. The number of likely N-dealkylation sites (tertiary alicyclic amines) is 1. The van der Waals surface area contributed by atoms with Gasteiger partial charge in [0.05, 0.1) is 18.9 Å². The van der Waals surface area contributed by atoms with E-state index in [0.29, 0.717) is 41.5 Å². The molecule has 502 valence electrons. The number of aromatic hydroxyl groups is 2. The monoisotopic (exact) mass is 1290 g/mol. The average Bonchev–Trinajstić information content (AvgIpc) is 1.84.